The Balaban J connectivity index is 1.79. The molecule has 0 N–H and O–H groups in total. The number of benzene rings is 1. The van der Waals surface area contributed by atoms with E-state index in [1.165, 1.54) is 95.5 Å². The van der Waals surface area contributed by atoms with Crippen molar-refractivity contribution in [1.29, 1.82) is 0 Å². The van der Waals surface area contributed by atoms with Crippen molar-refractivity contribution in [2.45, 2.75) is 102 Å². The van der Waals surface area contributed by atoms with E-state index in [9.17, 15) is 0 Å². The highest BCUT2D eigenvalue weighted by molar-refractivity contribution is 7.80. The highest BCUT2D eigenvalue weighted by Gasteiger charge is 1.95. The molecule has 1 aromatic rings. The molecule has 0 nitrogen and oxygen atoms in total. The first kappa shape index (κ1) is 19.6. The molecule has 0 aliphatic carbocycles. The second-order valence-electron chi connectivity index (χ2n) is 6.66. The maximum Gasteiger partial charge on any atom is 0.00401 e. The van der Waals surface area contributed by atoms with Gasteiger partial charge in [0.2, 0.25) is 0 Å². The van der Waals surface area contributed by atoms with Gasteiger partial charge in [-0.1, -0.05) is 96.1 Å². The summed E-state index contributed by atoms with van der Waals surface area (Å²) in [4.78, 5) is 1.06. The average Bonchev–Trinajstić information content (AvgIpc) is 2.53. The Labute approximate surface area is 144 Å². The molecule has 126 valence electrons. The minimum absolute atomic E-state index is 1.06. The summed E-state index contributed by atoms with van der Waals surface area (Å²) in [6.07, 6.45) is 19.8. The van der Waals surface area contributed by atoms with Crippen LogP contribution in [0.1, 0.15) is 96.0 Å². The number of unbranched alkanes of at least 4 members (excludes halogenated alkanes) is 12. The summed E-state index contributed by atoms with van der Waals surface area (Å²) < 4.78 is 0. The fraction of sp³-hybridized carbons (Fsp3) is 0.714. The molecule has 22 heavy (non-hydrogen) atoms. The quantitative estimate of drug-likeness (QED) is 0.264. The molecule has 0 heterocycles. The molecule has 0 aromatic heterocycles. The van der Waals surface area contributed by atoms with Gasteiger partial charge in [0.05, 0.1) is 0 Å². The normalized spacial score (nSPS) is 11.0. The lowest BCUT2D eigenvalue weighted by Gasteiger charge is -2.04. The van der Waals surface area contributed by atoms with Crippen LogP contribution < -0.4 is 0 Å². The van der Waals surface area contributed by atoms with E-state index >= 15 is 0 Å². The Morgan fingerprint density at radius 2 is 1.00 bits per heavy atom. The number of aryl methyl sites for hydroxylation is 1. The van der Waals surface area contributed by atoms with Gasteiger partial charge < -0.3 is 0 Å². The Bertz CT molecular complexity index is 341. The number of rotatable bonds is 14. The number of hydrogen-bond acceptors (Lipinski definition) is 1. The van der Waals surface area contributed by atoms with Crippen LogP contribution in [0.2, 0.25) is 0 Å². The summed E-state index contributed by atoms with van der Waals surface area (Å²) in [5.41, 5.74) is 1.46. The van der Waals surface area contributed by atoms with E-state index in [0.717, 1.165) is 4.90 Å². The standard InChI is InChI=1S/C21H36S/c1-2-3-4-5-6-7-8-9-10-11-12-13-14-15-20-16-18-21(22)19-17-20/h16-19,22H,2-15H2,1H3. The molecule has 1 rings (SSSR count). The van der Waals surface area contributed by atoms with Crippen molar-refractivity contribution in [2.75, 3.05) is 0 Å². The van der Waals surface area contributed by atoms with Gasteiger partial charge in [0.25, 0.3) is 0 Å². The summed E-state index contributed by atoms with van der Waals surface area (Å²) in [6.45, 7) is 2.29. The Hall–Kier alpha value is -0.430. The van der Waals surface area contributed by atoms with Crippen LogP contribution >= 0.6 is 12.6 Å². The van der Waals surface area contributed by atoms with Gasteiger partial charge in [0, 0.05) is 4.90 Å². The molecular weight excluding hydrogens is 284 g/mol. The van der Waals surface area contributed by atoms with Crippen molar-refractivity contribution in [3.63, 3.8) is 0 Å². The molecular formula is C21H36S. The van der Waals surface area contributed by atoms with Gasteiger partial charge in [-0.05, 0) is 30.5 Å². The van der Waals surface area contributed by atoms with Crippen LogP contribution in [0.3, 0.4) is 0 Å². The van der Waals surface area contributed by atoms with Crippen LogP contribution in [0.5, 0.6) is 0 Å². The van der Waals surface area contributed by atoms with E-state index in [-0.39, 0.29) is 0 Å². The minimum atomic E-state index is 1.06. The summed E-state index contributed by atoms with van der Waals surface area (Å²) >= 11 is 4.32. The van der Waals surface area contributed by atoms with Crippen molar-refractivity contribution >= 4 is 12.6 Å². The van der Waals surface area contributed by atoms with Gasteiger partial charge in [-0.2, -0.15) is 0 Å². The first-order valence-corrected chi connectivity index (χ1v) is 10.1. The van der Waals surface area contributed by atoms with Crippen LogP contribution in [0.4, 0.5) is 0 Å². The summed E-state index contributed by atoms with van der Waals surface area (Å²) in [6, 6.07) is 8.62. The fourth-order valence-corrected chi connectivity index (χ4v) is 3.16. The smallest absolute Gasteiger partial charge is 0.00401 e. The largest absolute Gasteiger partial charge is 0.143 e. The van der Waals surface area contributed by atoms with Gasteiger partial charge in [-0.3, -0.25) is 0 Å². The van der Waals surface area contributed by atoms with Crippen LogP contribution in [0.25, 0.3) is 0 Å². The lowest BCUT2D eigenvalue weighted by molar-refractivity contribution is 0.539. The van der Waals surface area contributed by atoms with Gasteiger partial charge in [0.1, 0.15) is 0 Å². The summed E-state index contributed by atoms with van der Waals surface area (Å²) in [5, 5.41) is 0. The lowest BCUT2D eigenvalue weighted by atomic mass is 10.0. The van der Waals surface area contributed by atoms with Crippen LogP contribution in [-0.4, -0.2) is 0 Å². The molecule has 0 spiro atoms. The molecule has 0 radical (unpaired) electrons. The highest BCUT2D eigenvalue weighted by Crippen LogP contribution is 2.14. The minimum Gasteiger partial charge on any atom is -0.143 e. The molecule has 0 unspecified atom stereocenters. The number of thiol groups is 1. The van der Waals surface area contributed by atoms with E-state index in [0.29, 0.717) is 0 Å². The zero-order chi connectivity index (χ0) is 15.9. The van der Waals surface area contributed by atoms with Crippen molar-refractivity contribution < 1.29 is 0 Å². The predicted octanol–water partition coefficient (Wildman–Crippen LogP) is 7.61. The molecule has 1 aromatic carbocycles. The Morgan fingerprint density at radius 1 is 0.591 bits per heavy atom. The van der Waals surface area contributed by atoms with Crippen LogP contribution in [0, 0.1) is 0 Å². The molecule has 0 atom stereocenters. The topological polar surface area (TPSA) is 0 Å². The Morgan fingerprint density at radius 3 is 1.45 bits per heavy atom. The van der Waals surface area contributed by atoms with Crippen LogP contribution in [-0.2, 0) is 6.42 Å². The van der Waals surface area contributed by atoms with Crippen molar-refractivity contribution in [3.8, 4) is 0 Å². The third-order valence-corrected chi connectivity index (χ3v) is 4.80. The molecule has 0 saturated heterocycles. The highest BCUT2D eigenvalue weighted by atomic mass is 32.1. The van der Waals surface area contributed by atoms with Gasteiger partial charge in [-0.15, -0.1) is 12.6 Å². The van der Waals surface area contributed by atoms with Crippen molar-refractivity contribution in [3.05, 3.63) is 29.8 Å². The molecule has 0 fully saturated rings. The van der Waals surface area contributed by atoms with E-state index in [1.807, 2.05) is 0 Å². The lowest BCUT2D eigenvalue weighted by Crippen LogP contribution is -1.86. The van der Waals surface area contributed by atoms with E-state index in [2.05, 4.69) is 43.8 Å². The average molecular weight is 321 g/mol. The Kier molecular flexibility index (Phi) is 12.6. The van der Waals surface area contributed by atoms with Crippen molar-refractivity contribution in [1.82, 2.24) is 0 Å². The van der Waals surface area contributed by atoms with E-state index in [4.69, 9.17) is 0 Å². The fourth-order valence-electron chi connectivity index (χ4n) is 3.01. The number of hydrogen-bond donors (Lipinski definition) is 1. The molecule has 1 heteroatoms. The van der Waals surface area contributed by atoms with Gasteiger partial charge in [-0.25, -0.2) is 0 Å². The zero-order valence-electron chi connectivity index (χ0n) is 14.7. The SMILES string of the molecule is CCCCCCCCCCCCCCCc1ccc(S)cc1. The third-order valence-electron chi connectivity index (χ3n) is 4.51. The molecule has 0 saturated carbocycles. The van der Waals surface area contributed by atoms with Gasteiger partial charge >= 0.3 is 0 Å². The first-order valence-electron chi connectivity index (χ1n) is 9.61. The third kappa shape index (κ3) is 11.2. The van der Waals surface area contributed by atoms with E-state index in [1.54, 1.807) is 0 Å². The maximum atomic E-state index is 4.32. The second-order valence-corrected chi connectivity index (χ2v) is 7.18. The molecule has 0 aliphatic heterocycles. The summed E-state index contributed by atoms with van der Waals surface area (Å²) in [7, 11) is 0. The predicted molar refractivity (Wildman–Crippen MR) is 103 cm³/mol. The maximum absolute atomic E-state index is 4.32. The second kappa shape index (κ2) is 14.2. The van der Waals surface area contributed by atoms with Crippen molar-refractivity contribution in [2.24, 2.45) is 0 Å². The zero-order valence-corrected chi connectivity index (χ0v) is 15.6. The molecule has 0 bridgehead atoms. The molecule has 0 aliphatic rings. The monoisotopic (exact) mass is 320 g/mol. The summed E-state index contributed by atoms with van der Waals surface area (Å²) in [5.74, 6) is 0. The first-order chi connectivity index (χ1) is 10.8. The molecule has 0 amide bonds. The van der Waals surface area contributed by atoms with Crippen LogP contribution in [0.15, 0.2) is 29.2 Å². The van der Waals surface area contributed by atoms with Gasteiger partial charge in [0.15, 0.2) is 0 Å². The van der Waals surface area contributed by atoms with E-state index < -0.39 is 0 Å².